The summed E-state index contributed by atoms with van der Waals surface area (Å²) in [6, 6.07) is 12.5. The molecular weight excluding hydrogens is 372 g/mol. The topological polar surface area (TPSA) is 91.0 Å². The summed E-state index contributed by atoms with van der Waals surface area (Å²) in [4.78, 5) is 40.6. The zero-order valence-corrected chi connectivity index (χ0v) is 16.1. The number of para-hydroxylation sites is 1. The Morgan fingerprint density at radius 3 is 2.41 bits per heavy atom. The molecule has 2 aliphatic heterocycles. The summed E-state index contributed by atoms with van der Waals surface area (Å²) in [7, 11) is 0. The molecule has 3 amide bonds. The Kier molecular flexibility index (Phi) is 5.07. The molecular formula is C21H22N4O4. The maximum absolute atomic E-state index is 12.9. The third-order valence-corrected chi connectivity index (χ3v) is 5.05. The molecule has 8 heteroatoms. The first-order valence-corrected chi connectivity index (χ1v) is 9.59. The first kappa shape index (κ1) is 18.8. The highest BCUT2D eigenvalue weighted by molar-refractivity contribution is 6.12. The number of carbonyl (C=O) groups is 3. The molecule has 0 unspecified atom stereocenters. The molecule has 0 radical (unpaired) electrons. The van der Waals surface area contributed by atoms with Crippen molar-refractivity contribution < 1.29 is 19.1 Å². The van der Waals surface area contributed by atoms with Crippen molar-refractivity contribution in [2.75, 3.05) is 43.4 Å². The molecule has 0 aliphatic carbocycles. The maximum atomic E-state index is 12.9. The van der Waals surface area contributed by atoms with E-state index >= 15 is 0 Å². The minimum Gasteiger partial charge on any atom is -0.450 e. The highest BCUT2D eigenvalue weighted by Gasteiger charge is 2.26. The number of amides is 3. The lowest BCUT2D eigenvalue weighted by molar-refractivity contribution is 0.0570. The summed E-state index contributed by atoms with van der Waals surface area (Å²) in [5, 5.41) is 6.11. The molecule has 0 saturated carbocycles. The van der Waals surface area contributed by atoms with Gasteiger partial charge in [0.2, 0.25) is 0 Å². The average Bonchev–Trinajstić information content (AvgIpc) is 2.89. The van der Waals surface area contributed by atoms with Crippen LogP contribution in [0.15, 0.2) is 42.5 Å². The van der Waals surface area contributed by atoms with Crippen LogP contribution in [-0.2, 0) is 4.74 Å². The van der Waals surface area contributed by atoms with Gasteiger partial charge >= 0.3 is 6.09 Å². The Morgan fingerprint density at radius 2 is 1.66 bits per heavy atom. The lowest BCUT2D eigenvalue weighted by atomic mass is 10.1. The van der Waals surface area contributed by atoms with Gasteiger partial charge in [-0.1, -0.05) is 12.1 Å². The van der Waals surface area contributed by atoms with E-state index in [1.165, 1.54) is 0 Å². The fraction of sp³-hybridized carbons (Fsp3) is 0.286. The van der Waals surface area contributed by atoms with Gasteiger partial charge in [0.05, 0.1) is 29.2 Å². The first-order chi connectivity index (χ1) is 14.1. The van der Waals surface area contributed by atoms with Crippen molar-refractivity contribution in [2.24, 2.45) is 0 Å². The van der Waals surface area contributed by atoms with Gasteiger partial charge in [0, 0.05) is 31.7 Å². The predicted octanol–water partition coefficient (Wildman–Crippen LogP) is 2.91. The Bertz CT molecular complexity index is 967. The molecule has 0 bridgehead atoms. The summed E-state index contributed by atoms with van der Waals surface area (Å²) in [6.45, 7) is 3.83. The number of anilines is 3. The summed E-state index contributed by atoms with van der Waals surface area (Å²) in [5.74, 6) is -0.355. The monoisotopic (exact) mass is 394 g/mol. The van der Waals surface area contributed by atoms with Crippen LogP contribution in [0.25, 0.3) is 0 Å². The molecule has 29 heavy (non-hydrogen) atoms. The van der Waals surface area contributed by atoms with Gasteiger partial charge in [-0.2, -0.15) is 0 Å². The molecule has 150 valence electrons. The number of nitrogens with one attached hydrogen (secondary N) is 2. The summed E-state index contributed by atoms with van der Waals surface area (Å²) >= 11 is 0. The molecule has 2 N–H and O–H groups in total. The molecule has 2 heterocycles. The van der Waals surface area contributed by atoms with E-state index in [-0.39, 0.29) is 17.9 Å². The summed E-state index contributed by atoms with van der Waals surface area (Å²) < 4.78 is 5.01. The van der Waals surface area contributed by atoms with Gasteiger partial charge in [0.25, 0.3) is 11.8 Å². The van der Waals surface area contributed by atoms with E-state index in [0.717, 1.165) is 11.4 Å². The van der Waals surface area contributed by atoms with Crippen LogP contribution in [0, 0.1) is 0 Å². The van der Waals surface area contributed by atoms with E-state index in [1.54, 1.807) is 47.1 Å². The Balaban J connectivity index is 1.49. The summed E-state index contributed by atoms with van der Waals surface area (Å²) in [5.41, 5.74) is 3.04. The third-order valence-electron chi connectivity index (χ3n) is 5.05. The number of piperazine rings is 1. The smallest absolute Gasteiger partial charge is 0.409 e. The normalized spacial score (nSPS) is 15.4. The maximum Gasteiger partial charge on any atom is 0.409 e. The van der Waals surface area contributed by atoms with E-state index in [1.807, 2.05) is 12.1 Å². The van der Waals surface area contributed by atoms with Crippen LogP contribution >= 0.6 is 0 Å². The van der Waals surface area contributed by atoms with E-state index in [9.17, 15) is 14.4 Å². The van der Waals surface area contributed by atoms with Gasteiger partial charge in [-0.3, -0.25) is 9.59 Å². The van der Waals surface area contributed by atoms with Crippen LogP contribution < -0.4 is 10.6 Å². The summed E-state index contributed by atoms with van der Waals surface area (Å²) in [6.07, 6.45) is -0.349. The van der Waals surface area contributed by atoms with Crippen molar-refractivity contribution in [3.63, 3.8) is 0 Å². The zero-order chi connectivity index (χ0) is 20.4. The van der Waals surface area contributed by atoms with Crippen LogP contribution in [0.3, 0.4) is 0 Å². The molecule has 4 rings (SSSR count). The van der Waals surface area contributed by atoms with E-state index in [4.69, 9.17) is 4.74 Å². The van der Waals surface area contributed by atoms with E-state index in [0.29, 0.717) is 49.6 Å². The van der Waals surface area contributed by atoms with Crippen molar-refractivity contribution in [1.29, 1.82) is 0 Å². The average molecular weight is 394 g/mol. The number of hydrogen-bond donors (Lipinski definition) is 2. The number of nitrogens with zero attached hydrogens (tertiary/aromatic N) is 2. The van der Waals surface area contributed by atoms with Crippen molar-refractivity contribution in [2.45, 2.75) is 6.92 Å². The van der Waals surface area contributed by atoms with Crippen LogP contribution in [0.4, 0.5) is 21.9 Å². The molecule has 2 aromatic carbocycles. The van der Waals surface area contributed by atoms with Gasteiger partial charge in [-0.15, -0.1) is 0 Å². The van der Waals surface area contributed by atoms with Gasteiger partial charge in [0.15, 0.2) is 0 Å². The molecule has 0 aromatic heterocycles. The van der Waals surface area contributed by atoms with E-state index in [2.05, 4.69) is 10.6 Å². The number of benzene rings is 2. The zero-order valence-electron chi connectivity index (χ0n) is 16.1. The number of hydrogen-bond acceptors (Lipinski definition) is 5. The molecule has 2 aromatic rings. The van der Waals surface area contributed by atoms with Crippen LogP contribution in [-0.4, -0.2) is 60.5 Å². The second-order valence-corrected chi connectivity index (χ2v) is 6.86. The Labute approximate surface area is 168 Å². The quantitative estimate of drug-likeness (QED) is 0.817. The standard InChI is InChI=1S/C21H22N4O4/c1-2-29-21(28)25-11-9-24(10-12-25)20(27)14-7-8-17-18(13-14)23-19(26)15-5-3-4-6-16(15)22-17/h3-8,13,22H,2,9-12H2,1H3,(H,23,26). The number of fused-ring (bicyclic) bond motifs is 2. The minimum absolute atomic E-state index is 0.132. The van der Waals surface area contributed by atoms with Crippen LogP contribution in [0.1, 0.15) is 27.6 Å². The molecule has 0 spiro atoms. The predicted molar refractivity (Wildman–Crippen MR) is 109 cm³/mol. The molecule has 0 atom stereocenters. The van der Waals surface area contributed by atoms with Crippen molar-refractivity contribution in [3.05, 3.63) is 53.6 Å². The largest absolute Gasteiger partial charge is 0.450 e. The van der Waals surface area contributed by atoms with Crippen LogP contribution in [0.2, 0.25) is 0 Å². The first-order valence-electron chi connectivity index (χ1n) is 9.59. The second kappa shape index (κ2) is 7.83. The number of carbonyl (C=O) groups excluding carboxylic acids is 3. The fourth-order valence-corrected chi connectivity index (χ4v) is 3.50. The highest BCUT2D eigenvalue weighted by atomic mass is 16.6. The SMILES string of the molecule is CCOC(=O)N1CCN(C(=O)c2ccc3c(c2)NC(=O)c2ccccc2N3)CC1. The Hall–Kier alpha value is -3.55. The molecule has 1 fully saturated rings. The van der Waals surface area contributed by atoms with Crippen molar-refractivity contribution in [3.8, 4) is 0 Å². The van der Waals surface area contributed by atoms with Crippen LogP contribution in [0.5, 0.6) is 0 Å². The van der Waals surface area contributed by atoms with Gasteiger partial charge in [-0.25, -0.2) is 4.79 Å². The Morgan fingerprint density at radius 1 is 0.931 bits per heavy atom. The lowest BCUT2D eigenvalue weighted by Crippen LogP contribution is -2.50. The van der Waals surface area contributed by atoms with Gasteiger partial charge < -0.3 is 25.2 Å². The van der Waals surface area contributed by atoms with Gasteiger partial charge in [-0.05, 0) is 37.3 Å². The highest BCUT2D eigenvalue weighted by Crippen LogP contribution is 2.32. The molecule has 2 aliphatic rings. The van der Waals surface area contributed by atoms with Crippen molar-refractivity contribution in [1.82, 2.24) is 9.80 Å². The van der Waals surface area contributed by atoms with Crippen molar-refractivity contribution >= 4 is 35.0 Å². The lowest BCUT2D eigenvalue weighted by Gasteiger charge is -2.34. The van der Waals surface area contributed by atoms with Gasteiger partial charge in [0.1, 0.15) is 0 Å². The molecule has 1 saturated heterocycles. The number of ether oxygens (including phenoxy) is 1. The third kappa shape index (κ3) is 3.73. The fourth-order valence-electron chi connectivity index (χ4n) is 3.50. The number of rotatable bonds is 2. The van der Waals surface area contributed by atoms with E-state index < -0.39 is 0 Å². The second-order valence-electron chi connectivity index (χ2n) is 6.86. The molecule has 8 nitrogen and oxygen atoms in total. The minimum atomic E-state index is -0.349.